The van der Waals surface area contributed by atoms with Gasteiger partial charge in [-0.05, 0) is 75.8 Å². The van der Waals surface area contributed by atoms with Crippen molar-refractivity contribution in [2.45, 2.75) is 57.7 Å². The number of hydrogen-bond acceptors (Lipinski definition) is 7. The zero-order valence-corrected chi connectivity index (χ0v) is 24.3. The third kappa shape index (κ3) is 5.18. The SMILES string of the molecule is CC(C)Oc1cc(C(=O)O)nc2ccc(N3CC4(CC(/C=C/c5c(-c6ncccc6C(F)(F)F)noc5C5CC5)C4)C3)cc12. The molecule has 0 unspecified atom stereocenters. The number of halogens is 3. The molecule has 7 rings (SSSR count). The molecule has 8 nitrogen and oxygen atoms in total. The minimum absolute atomic E-state index is 0.0548. The maximum absolute atomic E-state index is 13.7. The standard InChI is InChI=1S/C33H31F3N4O4/c1-18(2)43-27-13-26(31(41)42)38-25-10-8-21(12-23(25)27)40-16-32(17-40)14-19(15-32)5-9-22-28(39-44-30(22)20-6-7-20)29-24(33(34,35)36)4-3-11-37-29/h3-5,8-13,18-20H,6-7,14-17H2,1-2H3,(H,41,42)/b9-5+. The number of pyridine rings is 2. The molecular weight excluding hydrogens is 573 g/mol. The van der Waals surface area contributed by atoms with E-state index in [1.54, 1.807) is 0 Å². The highest BCUT2D eigenvalue weighted by Crippen LogP contribution is 2.54. The normalized spacial score (nSPS) is 18.3. The molecule has 1 saturated heterocycles. The van der Waals surface area contributed by atoms with Crippen LogP contribution in [0.15, 0.2) is 53.2 Å². The van der Waals surface area contributed by atoms with Gasteiger partial charge in [-0.15, -0.1) is 0 Å². The molecule has 3 fully saturated rings. The van der Waals surface area contributed by atoms with Crippen LogP contribution in [0.2, 0.25) is 0 Å². The number of ether oxygens (including phenoxy) is 1. The number of hydrogen-bond donors (Lipinski definition) is 1. The van der Waals surface area contributed by atoms with Gasteiger partial charge in [0.25, 0.3) is 0 Å². The molecule has 0 atom stereocenters. The number of allylic oxidation sites excluding steroid dienone is 1. The Bertz CT molecular complexity index is 1780. The summed E-state index contributed by atoms with van der Waals surface area (Å²) in [4.78, 5) is 22.2. The summed E-state index contributed by atoms with van der Waals surface area (Å²) in [5.41, 5.74) is 1.44. The third-order valence-corrected chi connectivity index (χ3v) is 8.72. The molecule has 2 saturated carbocycles. The van der Waals surface area contributed by atoms with Gasteiger partial charge in [0.15, 0.2) is 5.69 Å². The minimum atomic E-state index is -4.55. The Kier molecular flexibility index (Phi) is 6.67. The van der Waals surface area contributed by atoms with Crippen LogP contribution in [0.1, 0.15) is 72.8 Å². The van der Waals surface area contributed by atoms with Gasteiger partial charge in [0, 0.05) is 53.3 Å². The number of rotatable bonds is 8. The molecule has 44 heavy (non-hydrogen) atoms. The molecule has 1 aromatic carbocycles. The zero-order valence-electron chi connectivity index (χ0n) is 24.3. The highest BCUT2D eigenvalue weighted by molar-refractivity contribution is 5.94. The highest BCUT2D eigenvalue weighted by Gasteiger charge is 2.51. The van der Waals surface area contributed by atoms with Crippen LogP contribution < -0.4 is 9.64 Å². The monoisotopic (exact) mass is 604 g/mol. The molecule has 1 spiro atoms. The lowest BCUT2D eigenvalue weighted by molar-refractivity contribution is -0.137. The van der Waals surface area contributed by atoms with E-state index in [0.717, 1.165) is 55.9 Å². The summed E-state index contributed by atoms with van der Waals surface area (Å²) in [6.45, 7) is 5.56. The predicted octanol–water partition coefficient (Wildman–Crippen LogP) is 7.60. The summed E-state index contributed by atoms with van der Waals surface area (Å²) in [7, 11) is 0. The number of anilines is 1. The van der Waals surface area contributed by atoms with E-state index in [-0.39, 0.29) is 34.5 Å². The number of carbonyl (C=O) groups is 1. The summed E-state index contributed by atoms with van der Waals surface area (Å²) in [6.07, 6.45) is 4.48. The van der Waals surface area contributed by atoms with Crippen molar-refractivity contribution in [3.63, 3.8) is 0 Å². The van der Waals surface area contributed by atoms with E-state index in [4.69, 9.17) is 9.26 Å². The van der Waals surface area contributed by atoms with Gasteiger partial charge in [-0.25, -0.2) is 9.78 Å². The smallest absolute Gasteiger partial charge is 0.418 e. The Morgan fingerprint density at radius 1 is 1.16 bits per heavy atom. The molecule has 3 aromatic heterocycles. The predicted molar refractivity (Wildman–Crippen MR) is 158 cm³/mol. The number of fused-ring (bicyclic) bond motifs is 1. The summed E-state index contributed by atoms with van der Waals surface area (Å²) in [5.74, 6) is 0.524. The molecule has 4 heterocycles. The number of benzene rings is 1. The maximum Gasteiger partial charge on any atom is 0.418 e. The molecule has 3 aliphatic rings. The minimum Gasteiger partial charge on any atom is -0.490 e. The summed E-state index contributed by atoms with van der Waals surface area (Å²) in [5, 5.41) is 14.3. The fourth-order valence-corrected chi connectivity index (χ4v) is 6.57. The van der Waals surface area contributed by atoms with Gasteiger partial charge in [-0.1, -0.05) is 17.3 Å². The van der Waals surface area contributed by atoms with Crippen molar-refractivity contribution < 1.29 is 32.3 Å². The van der Waals surface area contributed by atoms with Crippen molar-refractivity contribution in [2.24, 2.45) is 11.3 Å². The van der Waals surface area contributed by atoms with Crippen LogP contribution in [-0.2, 0) is 6.18 Å². The van der Waals surface area contributed by atoms with Crippen LogP contribution in [0.3, 0.4) is 0 Å². The van der Waals surface area contributed by atoms with E-state index in [1.807, 2.05) is 38.1 Å². The van der Waals surface area contributed by atoms with Crippen LogP contribution in [-0.4, -0.2) is 45.4 Å². The van der Waals surface area contributed by atoms with Crippen LogP contribution in [0, 0.1) is 11.3 Å². The van der Waals surface area contributed by atoms with Crippen molar-refractivity contribution >= 4 is 28.6 Å². The number of aromatic carboxylic acids is 1. The average Bonchev–Trinajstić information content (AvgIpc) is 3.69. The van der Waals surface area contributed by atoms with Crippen molar-refractivity contribution in [2.75, 3.05) is 18.0 Å². The lowest BCUT2D eigenvalue weighted by atomic mass is 9.57. The number of alkyl halides is 3. The number of nitrogens with zero attached hydrogens (tertiary/aromatic N) is 4. The molecule has 0 radical (unpaired) electrons. The van der Waals surface area contributed by atoms with Crippen molar-refractivity contribution in [3.8, 4) is 17.1 Å². The van der Waals surface area contributed by atoms with Crippen LogP contribution in [0.25, 0.3) is 28.4 Å². The van der Waals surface area contributed by atoms with E-state index < -0.39 is 17.7 Å². The second-order valence-corrected chi connectivity index (χ2v) is 12.5. The van der Waals surface area contributed by atoms with E-state index >= 15 is 0 Å². The van der Waals surface area contributed by atoms with Crippen LogP contribution >= 0.6 is 0 Å². The number of carboxylic acid groups (broad SMARTS) is 1. The van der Waals surface area contributed by atoms with Gasteiger partial charge in [0.1, 0.15) is 22.9 Å². The largest absolute Gasteiger partial charge is 0.490 e. The van der Waals surface area contributed by atoms with E-state index in [0.29, 0.717) is 28.5 Å². The first-order valence-corrected chi connectivity index (χ1v) is 14.8. The van der Waals surface area contributed by atoms with Gasteiger partial charge < -0.3 is 19.3 Å². The average molecular weight is 605 g/mol. The molecule has 0 bridgehead atoms. The zero-order chi connectivity index (χ0) is 30.8. The van der Waals surface area contributed by atoms with Gasteiger partial charge >= 0.3 is 12.1 Å². The quantitative estimate of drug-likeness (QED) is 0.219. The number of aromatic nitrogens is 3. The second kappa shape index (κ2) is 10.3. The Labute approximate surface area is 251 Å². The Morgan fingerprint density at radius 2 is 1.93 bits per heavy atom. The Hall–Kier alpha value is -4.41. The first-order chi connectivity index (χ1) is 21.0. The molecule has 1 N–H and O–H groups in total. The fourth-order valence-electron chi connectivity index (χ4n) is 6.57. The Morgan fingerprint density at radius 3 is 2.61 bits per heavy atom. The molecule has 0 amide bonds. The van der Waals surface area contributed by atoms with Gasteiger partial charge in [0.2, 0.25) is 0 Å². The number of carboxylic acids is 1. The Balaban J connectivity index is 1.06. The lowest BCUT2D eigenvalue weighted by Crippen LogP contribution is -2.62. The van der Waals surface area contributed by atoms with E-state index in [2.05, 4.69) is 26.1 Å². The van der Waals surface area contributed by atoms with Crippen molar-refractivity contribution in [1.82, 2.24) is 15.1 Å². The van der Waals surface area contributed by atoms with Gasteiger partial charge in [0.05, 0.1) is 17.2 Å². The third-order valence-electron chi connectivity index (χ3n) is 8.72. The van der Waals surface area contributed by atoms with E-state index in [1.165, 1.54) is 18.3 Å². The molecule has 2 aliphatic carbocycles. The lowest BCUT2D eigenvalue weighted by Gasteiger charge is -2.59. The van der Waals surface area contributed by atoms with Crippen molar-refractivity contribution in [3.05, 3.63) is 71.3 Å². The summed E-state index contributed by atoms with van der Waals surface area (Å²) in [6, 6.07) is 9.58. The van der Waals surface area contributed by atoms with Gasteiger partial charge in [-0.2, -0.15) is 13.2 Å². The van der Waals surface area contributed by atoms with Gasteiger partial charge in [-0.3, -0.25) is 4.98 Å². The van der Waals surface area contributed by atoms with Crippen molar-refractivity contribution in [1.29, 1.82) is 0 Å². The highest BCUT2D eigenvalue weighted by atomic mass is 19.4. The molecule has 11 heteroatoms. The summed E-state index contributed by atoms with van der Waals surface area (Å²) < 4.78 is 52.8. The summed E-state index contributed by atoms with van der Waals surface area (Å²) >= 11 is 0. The molecular formula is C33H31F3N4O4. The molecule has 4 aromatic rings. The topological polar surface area (TPSA) is 102 Å². The molecule has 1 aliphatic heterocycles. The first-order valence-electron chi connectivity index (χ1n) is 14.8. The first kappa shape index (κ1) is 28.4. The van der Waals surface area contributed by atoms with Crippen LogP contribution in [0.4, 0.5) is 18.9 Å². The fraction of sp³-hybridized carbons (Fsp3) is 0.394. The van der Waals surface area contributed by atoms with Crippen LogP contribution in [0.5, 0.6) is 5.75 Å². The molecule has 228 valence electrons. The second-order valence-electron chi connectivity index (χ2n) is 12.5. The van der Waals surface area contributed by atoms with E-state index in [9.17, 15) is 23.1 Å². The maximum atomic E-state index is 13.7.